The second-order valence-electron chi connectivity index (χ2n) is 5.11. The van der Waals surface area contributed by atoms with Gasteiger partial charge in [-0.15, -0.1) is 0 Å². The number of methoxy groups -OCH3 is 1. The van der Waals surface area contributed by atoms with Crippen LogP contribution >= 0.6 is 0 Å². The number of hydrogen-bond donors (Lipinski definition) is 1. The summed E-state index contributed by atoms with van der Waals surface area (Å²) in [4.78, 5) is 27.4. The predicted octanol–water partition coefficient (Wildman–Crippen LogP) is 3.57. The molecule has 1 aromatic heterocycles. The zero-order chi connectivity index (χ0) is 17.1. The molecule has 1 aromatic carbocycles. The molecule has 2 aromatic rings. The molecule has 0 aliphatic rings. The maximum atomic E-state index is 14.4. The molecule has 6 heteroatoms. The van der Waals surface area contributed by atoms with Crippen LogP contribution in [-0.2, 0) is 4.74 Å². The van der Waals surface area contributed by atoms with Crippen molar-refractivity contribution >= 4 is 23.1 Å². The first-order valence-corrected chi connectivity index (χ1v) is 6.98. The van der Waals surface area contributed by atoms with E-state index in [1.165, 1.54) is 21.0 Å². The van der Waals surface area contributed by atoms with Crippen molar-refractivity contribution in [3.8, 4) is 0 Å². The van der Waals surface area contributed by atoms with Gasteiger partial charge in [-0.2, -0.15) is 0 Å². The SMILES string of the molecule is COC(=O)c1nc(C(C)=O)c(F)c(C)c1Nc1ccccc1C. The van der Waals surface area contributed by atoms with Gasteiger partial charge >= 0.3 is 5.97 Å². The Hall–Kier alpha value is -2.76. The number of anilines is 2. The minimum atomic E-state index is -0.749. The Morgan fingerprint density at radius 1 is 1.17 bits per heavy atom. The minimum Gasteiger partial charge on any atom is -0.464 e. The Balaban J connectivity index is 2.66. The number of aryl methyl sites for hydroxylation is 1. The quantitative estimate of drug-likeness (QED) is 0.690. The van der Waals surface area contributed by atoms with Crippen LogP contribution in [0, 0.1) is 19.7 Å². The van der Waals surface area contributed by atoms with E-state index in [0.717, 1.165) is 5.56 Å². The summed E-state index contributed by atoms with van der Waals surface area (Å²) < 4.78 is 19.1. The van der Waals surface area contributed by atoms with Crippen molar-refractivity contribution in [2.24, 2.45) is 0 Å². The van der Waals surface area contributed by atoms with Gasteiger partial charge in [0.25, 0.3) is 0 Å². The van der Waals surface area contributed by atoms with E-state index in [1.54, 1.807) is 6.07 Å². The molecule has 2 rings (SSSR count). The zero-order valence-electron chi connectivity index (χ0n) is 13.4. The molecule has 0 saturated carbocycles. The lowest BCUT2D eigenvalue weighted by Gasteiger charge is -2.16. The molecule has 23 heavy (non-hydrogen) atoms. The van der Waals surface area contributed by atoms with Gasteiger partial charge in [-0.1, -0.05) is 18.2 Å². The molecule has 0 atom stereocenters. The number of carbonyl (C=O) groups is 2. The third kappa shape index (κ3) is 3.21. The second-order valence-corrected chi connectivity index (χ2v) is 5.11. The lowest BCUT2D eigenvalue weighted by Crippen LogP contribution is -2.16. The van der Waals surface area contributed by atoms with Crippen LogP contribution in [0.25, 0.3) is 0 Å². The molecule has 0 bridgehead atoms. The van der Waals surface area contributed by atoms with Crippen LogP contribution in [-0.4, -0.2) is 23.8 Å². The fraction of sp³-hybridized carbons (Fsp3) is 0.235. The number of carbonyl (C=O) groups excluding carboxylic acids is 2. The maximum absolute atomic E-state index is 14.4. The molecule has 0 amide bonds. The van der Waals surface area contributed by atoms with Crippen LogP contribution in [0.5, 0.6) is 0 Å². The number of pyridine rings is 1. The highest BCUT2D eigenvalue weighted by molar-refractivity contribution is 5.99. The highest BCUT2D eigenvalue weighted by Crippen LogP contribution is 2.29. The van der Waals surface area contributed by atoms with Crippen molar-refractivity contribution < 1.29 is 18.7 Å². The Morgan fingerprint density at radius 3 is 2.39 bits per heavy atom. The number of halogens is 1. The van der Waals surface area contributed by atoms with E-state index in [-0.39, 0.29) is 22.6 Å². The van der Waals surface area contributed by atoms with Crippen molar-refractivity contribution in [2.75, 3.05) is 12.4 Å². The predicted molar refractivity (Wildman–Crippen MR) is 84.7 cm³/mol. The average Bonchev–Trinajstić information content (AvgIpc) is 2.52. The van der Waals surface area contributed by atoms with E-state index in [9.17, 15) is 14.0 Å². The van der Waals surface area contributed by atoms with Gasteiger partial charge < -0.3 is 10.1 Å². The van der Waals surface area contributed by atoms with Crippen LogP contribution in [0.1, 0.15) is 39.0 Å². The molecule has 0 fully saturated rings. The third-order valence-corrected chi connectivity index (χ3v) is 3.49. The summed E-state index contributed by atoms with van der Waals surface area (Å²) in [6, 6.07) is 7.36. The first-order valence-electron chi connectivity index (χ1n) is 6.98. The molecular weight excluding hydrogens is 299 g/mol. The Labute approximate surface area is 133 Å². The summed E-state index contributed by atoms with van der Waals surface area (Å²) in [5.41, 5.74) is 1.44. The number of hydrogen-bond acceptors (Lipinski definition) is 5. The molecular formula is C17H17FN2O3. The topological polar surface area (TPSA) is 68.3 Å². The smallest absolute Gasteiger partial charge is 0.358 e. The molecule has 0 spiro atoms. The van der Waals surface area contributed by atoms with Crippen LogP contribution in [0.3, 0.4) is 0 Å². The molecule has 0 radical (unpaired) electrons. The van der Waals surface area contributed by atoms with Crippen LogP contribution < -0.4 is 5.32 Å². The molecule has 120 valence electrons. The second kappa shape index (κ2) is 6.56. The van der Waals surface area contributed by atoms with Crippen molar-refractivity contribution in [2.45, 2.75) is 20.8 Å². The van der Waals surface area contributed by atoms with Gasteiger partial charge in [-0.3, -0.25) is 4.79 Å². The van der Waals surface area contributed by atoms with Gasteiger partial charge in [0.05, 0.1) is 12.8 Å². The van der Waals surface area contributed by atoms with Crippen LogP contribution in [0.2, 0.25) is 0 Å². The van der Waals surface area contributed by atoms with Gasteiger partial charge in [0.15, 0.2) is 17.3 Å². The number of rotatable bonds is 4. The lowest BCUT2D eigenvalue weighted by atomic mass is 10.1. The number of ketones is 1. The van der Waals surface area contributed by atoms with Crippen molar-refractivity contribution in [1.82, 2.24) is 4.98 Å². The van der Waals surface area contributed by atoms with Gasteiger partial charge in [0.2, 0.25) is 0 Å². The Bertz CT molecular complexity index is 788. The number of para-hydroxylation sites is 1. The summed E-state index contributed by atoms with van der Waals surface area (Å²) in [5, 5.41) is 3.02. The van der Waals surface area contributed by atoms with Crippen LogP contribution in [0.15, 0.2) is 24.3 Å². The number of Topliss-reactive ketones (excluding diaryl/α,β-unsaturated/α-hetero) is 1. The van der Waals surface area contributed by atoms with E-state index >= 15 is 0 Å². The van der Waals surface area contributed by atoms with Crippen molar-refractivity contribution in [1.29, 1.82) is 0 Å². The number of aromatic nitrogens is 1. The van der Waals surface area contributed by atoms with E-state index < -0.39 is 17.6 Å². The summed E-state index contributed by atoms with van der Waals surface area (Å²) >= 11 is 0. The van der Waals surface area contributed by atoms with E-state index in [4.69, 9.17) is 4.74 Å². The summed E-state index contributed by atoms with van der Waals surface area (Å²) in [6.45, 7) is 4.56. The highest BCUT2D eigenvalue weighted by Gasteiger charge is 2.24. The largest absolute Gasteiger partial charge is 0.464 e. The molecule has 5 nitrogen and oxygen atoms in total. The number of ether oxygens (including phenoxy) is 1. The number of nitrogens with one attached hydrogen (secondary N) is 1. The zero-order valence-corrected chi connectivity index (χ0v) is 13.4. The first kappa shape index (κ1) is 16.6. The fourth-order valence-corrected chi connectivity index (χ4v) is 2.16. The number of nitrogens with zero attached hydrogens (tertiary/aromatic N) is 1. The first-order chi connectivity index (χ1) is 10.9. The Kier molecular flexibility index (Phi) is 4.74. The maximum Gasteiger partial charge on any atom is 0.358 e. The van der Waals surface area contributed by atoms with Crippen molar-refractivity contribution in [3.05, 3.63) is 52.6 Å². The van der Waals surface area contributed by atoms with Crippen LogP contribution in [0.4, 0.5) is 15.8 Å². The van der Waals surface area contributed by atoms with E-state index in [1.807, 2.05) is 25.1 Å². The summed E-state index contributed by atoms with van der Waals surface area (Å²) in [7, 11) is 1.20. The third-order valence-electron chi connectivity index (χ3n) is 3.49. The number of esters is 1. The van der Waals surface area contributed by atoms with Gasteiger partial charge in [0, 0.05) is 18.2 Å². The molecule has 1 N–H and O–H groups in total. The van der Waals surface area contributed by atoms with Gasteiger partial charge in [-0.05, 0) is 25.5 Å². The Morgan fingerprint density at radius 2 is 1.83 bits per heavy atom. The summed E-state index contributed by atoms with van der Waals surface area (Å²) in [6.07, 6.45) is 0. The van der Waals surface area contributed by atoms with Gasteiger partial charge in [0.1, 0.15) is 5.69 Å². The lowest BCUT2D eigenvalue weighted by molar-refractivity contribution is 0.0595. The summed E-state index contributed by atoms with van der Waals surface area (Å²) in [5.74, 6) is -2.05. The molecule has 0 aliphatic heterocycles. The highest BCUT2D eigenvalue weighted by atomic mass is 19.1. The standard InChI is InChI=1S/C17H17FN2O3/c1-9-7-5-6-8-12(9)19-14-10(2)13(18)15(11(3)21)20-16(14)17(22)23-4/h5-8,19H,1-4H3. The van der Waals surface area contributed by atoms with Gasteiger partial charge in [-0.25, -0.2) is 14.2 Å². The molecule has 0 aliphatic carbocycles. The van der Waals surface area contributed by atoms with E-state index in [0.29, 0.717) is 5.69 Å². The van der Waals surface area contributed by atoms with Crippen molar-refractivity contribution in [3.63, 3.8) is 0 Å². The molecule has 0 unspecified atom stereocenters. The monoisotopic (exact) mass is 316 g/mol. The molecule has 1 heterocycles. The minimum absolute atomic E-state index is 0.125. The number of benzene rings is 1. The average molecular weight is 316 g/mol. The normalized spacial score (nSPS) is 10.3. The fourth-order valence-electron chi connectivity index (χ4n) is 2.16. The van der Waals surface area contributed by atoms with E-state index in [2.05, 4.69) is 10.3 Å². The molecule has 0 saturated heterocycles.